The number of hydrogen-bond donors (Lipinski definition) is 0. The summed E-state index contributed by atoms with van der Waals surface area (Å²) in [6.45, 7) is 4.15. The van der Waals surface area contributed by atoms with Crippen molar-refractivity contribution in [3.63, 3.8) is 0 Å². The van der Waals surface area contributed by atoms with E-state index in [1.165, 1.54) is 16.5 Å². The molecule has 0 aliphatic rings. The van der Waals surface area contributed by atoms with Gasteiger partial charge in [-0.2, -0.15) is 0 Å². The fourth-order valence-corrected chi connectivity index (χ4v) is 1.47. The molecule has 2 heteroatoms. The fourth-order valence-electron chi connectivity index (χ4n) is 1.47. The van der Waals surface area contributed by atoms with Crippen LogP contribution < -0.4 is 0 Å². The zero-order chi connectivity index (χ0) is 8.55. The molecule has 0 N–H and O–H groups in total. The molecule has 2 heterocycles. The summed E-state index contributed by atoms with van der Waals surface area (Å²) in [5.41, 5.74) is 3.44. The molecule has 2 aromatic rings. The first-order valence-corrected chi connectivity index (χ1v) is 3.95. The molecule has 0 amide bonds. The van der Waals surface area contributed by atoms with Crippen molar-refractivity contribution in [2.75, 3.05) is 0 Å². The number of aryl methyl sites for hydroxylation is 2. The number of rotatable bonds is 0. The molecule has 0 atom stereocenters. The van der Waals surface area contributed by atoms with E-state index in [9.17, 15) is 0 Å². The van der Waals surface area contributed by atoms with Crippen LogP contribution in [-0.2, 0) is 0 Å². The summed E-state index contributed by atoms with van der Waals surface area (Å²) >= 11 is 0. The van der Waals surface area contributed by atoms with Crippen LogP contribution >= 0.6 is 0 Å². The summed E-state index contributed by atoms with van der Waals surface area (Å²) in [4.78, 5) is 8.33. The van der Waals surface area contributed by atoms with Gasteiger partial charge in [0, 0.05) is 17.8 Å². The highest BCUT2D eigenvalue weighted by atomic mass is 14.7. The van der Waals surface area contributed by atoms with E-state index in [1.54, 1.807) is 6.20 Å². The monoisotopic (exact) mass is 158 g/mol. The van der Waals surface area contributed by atoms with Crippen LogP contribution in [0.3, 0.4) is 0 Å². The van der Waals surface area contributed by atoms with Crippen molar-refractivity contribution in [3.8, 4) is 0 Å². The normalized spacial score (nSPS) is 10.5. The summed E-state index contributed by atoms with van der Waals surface area (Å²) in [7, 11) is 0. The maximum absolute atomic E-state index is 4.24. The van der Waals surface area contributed by atoms with Crippen LogP contribution in [0.2, 0.25) is 0 Å². The zero-order valence-corrected chi connectivity index (χ0v) is 7.20. The van der Waals surface area contributed by atoms with E-state index in [-0.39, 0.29) is 0 Å². The quantitative estimate of drug-likeness (QED) is 0.587. The van der Waals surface area contributed by atoms with Gasteiger partial charge in [0.15, 0.2) is 0 Å². The standard InChI is InChI=1S/C10H10N2/c1-7-3-4-12-9-6-11-5-8(2)10(7)9/h3-6H,1-2H3. The molecule has 0 saturated heterocycles. The summed E-state index contributed by atoms with van der Waals surface area (Å²) in [5, 5.41) is 1.23. The van der Waals surface area contributed by atoms with Gasteiger partial charge in [0.25, 0.3) is 0 Å². The lowest BCUT2D eigenvalue weighted by molar-refractivity contribution is 1.26. The molecule has 2 rings (SSSR count). The average molecular weight is 158 g/mol. The van der Waals surface area contributed by atoms with Gasteiger partial charge in [-0.1, -0.05) is 0 Å². The number of nitrogens with zero attached hydrogens (tertiary/aromatic N) is 2. The molecule has 0 unspecified atom stereocenters. The maximum Gasteiger partial charge on any atom is 0.0890 e. The minimum Gasteiger partial charge on any atom is -0.262 e. The molecular weight excluding hydrogens is 148 g/mol. The van der Waals surface area contributed by atoms with Crippen molar-refractivity contribution in [1.29, 1.82) is 0 Å². The third-order valence-corrected chi connectivity index (χ3v) is 2.05. The Bertz CT molecular complexity index is 384. The Kier molecular flexibility index (Phi) is 1.54. The van der Waals surface area contributed by atoms with E-state index in [0.29, 0.717) is 0 Å². The van der Waals surface area contributed by atoms with Gasteiger partial charge < -0.3 is 0 Å². The minimum atomic E-state index is 0.981. The summed E-state index contributed by atoms with van der Waals surface area (Å²) < 4.78 is 0. The lowest BCUT2D eigenvalue weighted by atomic mass is 10.1. The Balaban J connectivity index is 2.96. The number of pyridine rings is 2. The van der Waals surface area contributed by atoms with Gasteiger partial charge in [-0.3, -0.25) is 9.97 Å². The van der Waals surface area contributed by atoms with E-state index in [0.717, 1.165) is 5.52 Å². The molecule has 2 aromatic heterocycles. The van der Waals surface area contributed by atoms with Crippen LogP contribution in [0.1, 0.15) is 11.1 Å². The van der Waals surface area contributed by atoms with Crippen LogP contribution in [0.4, 0.5) is 0 Å². The van der Waals surface area contributed by atoms with Crippen molar-refractivity contribution in [1.82, 2.24) is 9.97 Å². The molecule has 0 fully saturated rings. The average Bonchev–Trinajstić information content (AvgIpc) is 2.04. The van der Waals surface area contributed by atoms with Gasteiger partial charge in [-0.05, 0) is 31.0 Å². The fraction of sp³-hybridized carbons (Fsp3) is 0.200. The molecule has 0 aromatic carbocycles. The summed E-state index contributed by atoms with van der Waals surface area (Å²) in [6.07, 6.45) is 5.49. The van der Waals surface area contributed by atoms with Gasteiger partial charge in [0.2, 0.25) is 0 Å². The van der Waals surface area contributed by atoms with Crippen LogP contribution in [0.5, 0.6) is 0 Å². The van der Waals surface area contributed by atoms with E-state index >= 15 is 0 Å². The second-order valence-corrected chi connectivity index (χ2v) is 2.98. The first-order valence-electron chi connectivity index (χ1n) is 3.95. The first kappa shape index (κ1) is 7.22. The summed E-state index contributed by atoms with van der Waals surface area (Å²) in [5.74, 6) is 0. The van der Waals surface area contributed by atoms with E-state index in [4.69, 9.17) is 0 Å². The lowest BCUT2D eigenvalue weighted by Crippen LogP contribution is -1.87. The highest BCUT2D eigenvalue weighted by Crippen LogP contribution is 2.17. The maximum atomic E-state index is 4.24. The molecule has 0 saturated carbocycles. The van der Waals surface area contributed by atoms with E-state index in [2.05, 4.69) is 23.8 Å². The molecule has 0 aliphatic heterocycles. The second kappa shape index (κ2) is 2.55. The van der Waals surface area contributed by atoms with Gasteiger partial charge >= 0.3 is 0 Å². The van der Waals surface area contributed by atoms with Crippen molar-refractivity contribution in [2.24, 2.45) is 0 Å². The second-order valence-electron chi connectivity index (χ2n) is 2.98. The molecular formula is C10H10N2. The minimum absolute atomic E-state index is 0.981. The largest absolute Gasteiger partial charge is 0.262 e. The predicted molar refractivity (Wildman–Crippen MR) is 49.0 cm³/mol. The van der Waals surface area contributed by atoms with Crippen molar-refractivity contribution in [3.05, 3.63) is 35.8 Å². The molecule has 2 nitrogen and oxygen atoms in total. The molecule has 0 aliphatic carbocycles. The van der Waals surface area contributed by atoms with Crippen molar-refractivity contribution in [2.45, 2.75) is 13.8 Å². The van der Waals surface area contributed by atoms with E-state index in [1.807, 2.05) is 18.5 Å². The van der Waals surface area contributed by atoms with Crippen LogP contribution in [-0.4, -0.2) is 9.97 Å². The van der Waals surface area contributed by atoms with Gasteiger partial charge in [0.1, 0.15) is 0 Å². The van der Waals surface area contributed by atoms with Gasteiger partial charge in [-0.15, -0.1) is 0 Å². The Morgan fingerprint density at radius 2 is 1.92 bits per heavy atom. The van der Waals surface area contributed by atoms with Crippen LogP contribution in [0.25, 0.3) is 10.9 Å². The Hall–Kier alpha value is -1.44. The molecule has 0 bridgehead atoms. The number of aromatic nitrogens is 2. The van der Waals surface area contributed by atoms with Crippen molar-refractivity contribution < 1.29 is 0 Å². The summed E-state index contributed by atoms with van der Waals surface area (Å²) in [6, 6.07) is 2.02. The Labute approximate surface area is 71.3 Å². The SMILES string of the molecule is Cc1ccnc2cncc(C)c12. The third-order valence-electron chi connectivity index (χ3n) is 2.05. The van der Waals surface area contributed by atoms with Gasteiger partial charge in [0.05, 0.1) is 11.7 Å². The predicted octanol–water partition coefficient (Wildman–Crippen LogP) is 2.25. The number of hydrogen-bond acceptors (Lipinski definition) is 2. The zero-order valence-electron chi connectivity index (χ0n) is 7.20. The highest BCUT2D eigenvalue weighted by molar-refractivity contribution is 5.83. The Morgan fingerprint density at radius 1 is 1.08 bits per heavy atom. The third kappa shape index (κ3) is 0.961. The van der Waals surface area contributed by atoms with Gasteiger partial charge in [-0.25, -0.2) is 0 Å². The first-order chi connectivity index (χ1) is 5.79. The van der Waals surface area contributed by atoms with E-state index < -0.39 is 0 Å². The topological polar surface area (TPSA) is 25.8 Å². The molecule has 12 heavy (non-hydrogen) atoms. The molecule has 60 valence electrons. The van der Waals surface area contributed by atoms with Crippen LogP contribution in [0, 0.1) is 13.8 Å². The lowest BCUT2D eigenvalue weighted by Gasteiger charge is -2.02. The Morgan fingerprint density at radius 3 is 2.67 bits per heavy atom. The molecule has 0 radical (unpaired) electrons. The number of fused-ring (bicyclic) bond motifs is 1. The van der Waals surface area contributed by atoms with Crippen LogP contribution in [0.15, 0.2) is 24.7 Å². The van der Waals surface area contributed by atoms with Crippen molar-refractivity contribution >= 4 is 10.9 Å². The highest BCUT2D eigenvalue weighted by Gasteiger charge is 1.99. The molecule has 0 spiro atoms. The smallest absolute Gasteiger partial charge is 0.0890 e.